The number of halogens is 1. The Labute approximate surface area is 222 Å². The summed E-state index contributed by atoms with van der Waals surface area (Å²) in [5, 5.41) is 1.97. The number of anilines is 1. The molecule has 5 aromatic rings. The van der Waals surface area contributed by atoms with Crippen LogP contribution in [0.3, 0.4) is 0 Å². The fourth-order valence-corrected chi connectivity index (χ4v) is 5.74. The Kier molecular flexibility index (Phi) is 6.27. The molecule has 1 aliphatic rings. The van der Waals surface area contributed by atoms with Gasteiger partial charge < -0.3 is 18.9 Å². The zero-order valence-electron chi connectivity index (χ0n) is 21.0. The molecule has 0 aliphatic carbocycles. The number of hydrogen-bond donors (Lipinski definition) is 0. The molecule has 6 rings (SSSR count). The third-order valence-corrected chi connectivity index (χ3v) is 7.62. The van der Waals surface area contributed by atoms with E-state index in [0.29, 0.717) is 0 Å². The van der Waals surface area contributed by atoms with Crippen molar-refractivity contribution in [1.29, 1.82) is 0 Å². The minimum atomic E-state index is 0.0287. The summed E-state index contributed by atoms with van der Waals surface area (Å²) in [6, 6.07) is 33.8. The van der Waals surface area contributed by atoms with Gasteiger partial charge >= 0.3 is 0 Å². The van der Waals surface area contributed by atoms with Gasteiger partial charge in [-0.15, -0.1) is 0 Å². The number of ether oxygens (including phenoxy) is 2. The topological polar surface area (TPSA) is 26.6 Å². The summed E-state index contributed by atoms with van der Waals surface area (Å²) in [7, 11) is 3.43. The van der Waals surface area contributed by atoms with Crippen LogP contribution in [0.15, 0.2) is 97.1 Å². The molecule has 0 radical (unpaired) electrons. The number of methoxy groups -OCH3 is 2. The quantitative estimate of drug-likeness (QED) is 0.237. The van der Waals surface area contributed by atoms with Crippen LogP contribution in [-0.4, -0.2) is 25.3 Å². The molecule has 0 N–H and O–H groups in total. The molecule has 0 saturated heterocycles. The second-order valence-corrected chi connectivity index (χ2v) is 9.85. The summed E-state index contributed by atoms with van der Waals surface area (Å²) in [6.45, 7) is 1.73. The van der Waals surface area contributed by atoms with Crippen molar-refractivity contribution in [2.75, 3.05) is 25.7 Å². The van der Waals surface area contributed by atoms with Gasteiger partial charge in [0, 0.05) is 52.4 Å². The second kappa shape index (κ2) is 9.87. The smallest absolute Gasteiger partial charge is 0.119 e. The molecule has 37 heavy (non-hydrogen) atoms. The first-order chi connectivity index (χ1) is 18.2. The van der Waals surface area contributed by atoms with Gasteiger partial charge in [-0.1, -0.05) is 54.1 Å². The van der Waals surface area contributed by atoms with Crippen LogP contribution in [0, 0.1) is 0 Å². The molecule has 5 heteroatoms. The highest BCUT2D eigenvalue weighted by Crippen LogP contribution is 2.44. The van der Waals surface area contributed by atoms with Crippen molar-refractivity contribution in [2.45, 2.75) is 19.0 Å². The Morgan fingerprint density at radius 3 is 2.22 bits per heavy atom. The molecular formula is C32H29ClN2O2. The van der Waals surface area contributed by atoms with Gasteiger partial charge in [-0.25, -0.2) is 0 Å². The zero-order chi connectivity index (χ0) is 25.4. The van der Waals surface area contributed by atoms with Gasteiger partial charge in [0.15, 0.2) is 0 Å². The molecule has 2 heterocycles. The van der Waals surface area contributed by atoms with Crippen LogP contribution in [-0.2, 0) is 13.0 Å². The summed E-state index contributed by atoms with van der Waals surface area (Å²) >= 11 is 6.32. The molecule has 0 fully saturated rings. The fraction of sp³-hybridized carbons (Fsp3) is 0.188. The lowest BCUT2D eigenvalue weighted by Crippen LogP contribution is -2.36. The molecule has 0 amide bonds. The molecule has 1 unspecified atom stereocenters. The minimum absolute atomic E-state index is 0.0287. The number of nitrogens with zero attached hydrogens (tertiary/aromatic N) is 2. The van der Waals surface area contributed by atoms with E-state index < -0.39 is 0 Å². The highest BCUT2D eigenvalue weighted by atomic mass is 35.5. The average molecular weight is 509 g/mol. The van der Waals surface area contributed by atoms with Crippen LogP contribution in [0.1, 0.15) is 28.4 Å². The van der Waals surface area contributed by atoms with E-state index in [1.165, 1.54) is 39.0 Å². The molecule has 186 valence electrons. The Bertz CT molecular complexity index is 1530. The van der Waals surface area contributed by atoms with Crippen molar-refractivity contribution in [3.8, 4) is 11.5 Å². The van der Waals surface area contributed by atoms with E-state index >= 15 is 0 Å². The van der Waals surface area contributed by atoms with E-state index in [4.69, 9.17) is 21.1 Å². The highest BCUT2D eigenvalue weighted by Gasteiger charge is 2.34. The largest absolute Gasteiger partial charge is 0.497 e. The molecule has 0 spiro atoms. The van der Waals surface area contributed by atoms with E-state index in [0.717, 1.165) is 36.0 Å². The predicted molar refractivity (Wildman–Crippen MR) is 151 cm³/mol. The van der Waals surface area contributed by atoms with Gasteiger partial charge in [-0.05, 0) is 65.7 Å². The SMILES string of the molecule is COc1ccc(N2CCc3c(c4cc(OC)ccc4n3Cc3ccccc3)C2c2ccc(Cl)cc2)cc1. The van der Waals surface area contributed by atoms with E-state index in [-0.39, 0.29) is 6.04 Å². The standard InChI is InChI=1S/C32H29ClN2O2/c1-36-26-14-12-25(13-15-26)34-19-18-30-31(32(34)23-8-10-24(33)11-9-23)28-20-27(37-2)16-17-29(28)35(30)21-22-6-4-3-5-7-22/h3-17,20,32H,18-19,21H2,1-2H3. The average Bonchev–Trinajstić information content (AvgIpc) is 3.26. The summed E-state index contributed by atoms with van der Waals surface area (Å²) < 4.78 is 13.6. The first-order valence-corrected chi connectivity index (χ1v) is 12.9. The third-order valence-electron chi connectivity index (χ3n) is 7.37. The first kappa shape index (κ1) is 23.5. The van der Waals surface area contributed by atoms with Crippen molar-refractivity contribution in [1.82, 2.24) is 4.57 Å². The molecule has 4 nitrogen and oxygen atoms in total. The van der Waals surface area contributed by atoms with Crippen molar-refractivity contribution >= 4 is 28.2 Å². The van der Waals surface area contributed by atoms with E-state index in [2.05, 4.69) is 82.3 Å². The van der Waals surface area contributed by atoms with Crippen LogP contribution in [0.4, 0.5) is 5.69 Å². The van der Waals surface area contributed by atoms with Gasteiger partial charge in [0.2, 0.25) is 0 Å². The van der Waals surface area contributed by atoms with Crippen LogP contribution < -0.4 is 14.4 Å². The highest BCUT2D eigenvalue weighted by molar-refractivity contribution is 6.30. The molecule has 0 saturated carbocycles. The third kappa shape index (κ3) is 4.32. The van der Waals surface area contributed by atoms with Gasteiger partial charge in [0.1, 0.15) is 11.5 Å². The summed E-state index contributed by atoms with van der Waals surface area (Å²) in [5.41, 5.74) is 7.59. The lowest BCUT2D eigenvalue weighted by Gasteiger charge is -2.39. The van der Waals surface area contributed by atoms with Crippen molar-refractivity contribution < 1.29 is 9.47 Å². The number of fused-ring (bicyclic) bond motifs is 3. The van der Waals surface area contributed by atoms with Gasteiger partial charge in [0.25, 0.3) is 0 Å². The zero-order valence-corrected chi connectivity index (χ0v) is 21.8. The van der Waals surface area contributed by atoms with Crippen LogP contribution in [0.2, 0.25) is 5.02 Å². The summed E-state index contributed by atoms with van der Waals surface area (Å²) in [4.78, 5) is 2.50. The molecule has 4 aromatic carbocycles. The Morgan fingerprint density at radius 1 is 0.811 bits per heavy atom. The number of rotatable bonds is 6. The Balaban J connectivity index is 1.58. The Hall–Kier alpha value is -3.89. The van der Waals surface area contributed by atoms with Crippen LogP contribution >= 0.6 is 11.6 Å². The molecule has 1 aromatic heterocycles. The number of benzene rings is 4. The minimum Gasteiger partial charge on any atom is -0.497 e. The predicted octanol–water partition coefficient (Wildman–Crippen LogP) is 7.51. The summed E-state index contributed by atoms with van der Waals surface area (Å²) in [5.74, 6) is 1.72. The van der Waals surface area contributed by atoms with Gasteiger partial charge in [-0.3, -0.25) is 0 Å². The maximum Gasteiger partial charge on any atom is 0.119 e. The monoisotopic (exact) mass is 508 g/mol. The number of aromatic nitrogens is 1. The maximum atomic E-state index is 6.32. The molecule has 0 bridgehead atoms. The van der Waals surface area contributed by atoms with Crippen molar-refractivity contribution in [3.05, 3.63) is 124 Å². The van der Waals surface area contributed by atoms with E-state index in [9.17, 15) is 0 Å². The van der Waals surface area contributed by atoms with E-state index in [1.54, 1.807) is 14.2 Å². The molecule has 1 aliphatic heterocycles. The molecular weight excluding hydrogens is 480 g/mol. The van der Waals surface area contributed by atoms with Crippen LogP contribution in [0.25, 0.3) is 10.9 Å². The summed E-state index contributed by atoms with van der Waals surface area (Å²) in [6.07, 6.45) is 0.940. The number of hydrogen-bond acceptors (Lipinski definition) is 3. The van der Waals surface area contributed by atoms with Gasteiger partial charge in [-0.2, -0.15) is 0 Å². The first-order valence-electron chi connectivity index (χ1n) is 12.6. The Morgan fingerprint density at radius 2 is 1.51 bits per heavy atom. The second-order valence-electron chi connectivity index (χ2n) is 9.41. The molecule has 1 atom stereocenters. The van der Waals surface area contributed by atoms with Gasteiger partial charge in [0.05, 0.1) is 20.3 Å². The van der Waals surface area contributed by atoms with Crippen LogP contribution in [0.5, 0.6) is 11.5 Å². The van der Waals surface area contributed by atoms with Crippen molar-refractivity contribution in [2.24, 2.45) is 0 Å². The fourth-order valence-electron chi connectivity index (χ4n) is 5.62. The normalized spacial score (nSPS) is 15.0. The van der Waals surface area contributed by atoms with E-state index in [1.807, 2.05) is 24.3 Å². The maximum absolute atomic E-state index is 6.32. The van der Waals surface area contributed by atoms with Crippen molar-refractivity contribution in [3.63, 3.8) is 0 Å². The lowest BCUT2D eigenvalue weighted by atomic mass is 9.89. The lowest BCUT2D eigenvalue weighted by molar-refractivity contribution is 0.414.